The van der Waals surface area contributed by atoms with Crippen molar-refractivity contribution in [2.24, 2.45) is 11.7 Å². The summed E-state index contributed by atoms with van der Waals surface area (Å²) in [6.07, 6.45) is 3.88. The first-order valence-electron chi connectivity index (χ1n) is 7.18. The fourth-order valence-electron chi connectivity index (χ4n) is 2.80. The normalized spacial score (nSPS) is 22.9. The van der Waals surface area contributed by atoms with Gasteiger partial charge in [-0.15, -0.1) is 12.4 Å². The maximum Gasteiger partial charge on any atom is 0.220 e. The molecule has 1 unspecified atom stereocenters. The second-order valence-electron chi connectivity index (χ2n) is 5.76. The summed E-state index contributed by atoms with van der Waals surface area (Å²) in [6.45, 7) is 4.09. The fraction of sp³-hybridized carbons (Fsp3) is 0.562. The molecular weight excluding hydrogens is 272 g/mol. The molecule has 3 atom stereocenters. The van der Waals surface area contributed by atoms with Crippen LogP contribution < -0.4 is 11.1 Å². The molecule has 1 fully saturated rings. The maximum absolute atomic E-state index is 12.0. The van der Waals surface area contributed by atoms with Crippen molar-refractivity contribution in [3.05, 3.63) is 35.4 Å². The molecule has 1 aliphatic rings. The number of carbonyl (C=O) groups is 1. The minimum absolute atomic E-state index is 0. The second kappa shape index (κ2) is 7.65. The van der Waals surface area contributed by atoms with Crippen molar-refractivity contribution in [2.75, 3.05) is 0 Å². The molecule has 4 heteroatoms. The van der Waals surface area contributed by atoms with E-state index in [0.29, 0.717) is 12.3 Å². The van der Waals surface area contributed by atoms with Crippen LogP contribution in [-0.4, -0.2) is 11.9 Å². The largest absolute Gasteiger partial charge is 0.350 e. The Kier molecular flexibility index (Phi) is 6.50. The first-order chi connectivity index (χ1) is 9.06. The van der Waals surface area contributed by atoms with Crippen LogP contribution in [0.2, 0.25) is 0 Å². The number of nitrogens with one attached hydrogen (secondary N) is 1. The number of hydrogen-bond acceptors (Lipinski definition) is 2. The Morgan fingerprint density at radius 3 is 2.55 bits per heavy atom. The van der Waals surface area contributed by atoms with Crippen molar-refractivity contribution in [3.8, 4) is 0 Å². The number of aryl methyl sites for hydroxylation is 1. The molecule has 0 spiro atoms. The van der Waals surface area contributed by atoms with Gasteiger partial charge >= 0.3 is 0 Å². The van der Waals surface area contributed by atoms with Gasteiger partial charge in [-0.05, 0) is 38.2 Å². The van der Waals surface area contributed by atoms with Crippen molar-refractivity contribution >= 4 is 18.3 Å². The quantitative estimate of drug-likeness (QED) is 0.897. The highest BCUT2D eigenvalue weighted by Gasteiger charge is 2.26. The van der Waals surface area contributed by atoms with Crippen LogP contribution in [0.15, 0.2) is 24.3 Å². The van der Waals surface area contributed by atoms with E-state index in [4.69, 9.17) is 5.73 Å². The number of rotatable bonds is 4. The summed E-state index contributed by atoms with van der Waals surface area (Å²) < 4.78 is 0. The van der Waals surface area contributed by atoms with Gasteiger partial charge in [-0.2, -0.15) is 0 Å². The van der Waals surface area contributed by atoms with Gasteiger partial charge in [0.1, 0.15) is 0 Å². The number of amides is 1. The second-order valence-corrected chi connectivity index (χ2v) is 5.76. The van der Waals surface area contributed by atoms with Gasteiger partial charge in [0, 0.05) is 12.5 Å². The predicted molar refractivity (Wildman–Crippen MR) is 84.9 cm³/mol. The van der Waals surface area contributed by atoms with Gasteiger partial charge in [-0.25, -0.2) is 0 Å². The van der Waals surface area contributed by atoms with Crippen molar-refractivity contribution in [3.63, 3.8) is 0 Å². The van der Waals surface area contributed by atoms with Gasteiger partial charge in [0.25, 0.3) is 0 Å². The third-order valence-corrected chi connectivity index (χ3v) is 4.12. The zero-order chi connectivity index (χ0) is 13.8. The highest BCUT2D eigenvalue weighted by molar-refractivity contribution is 5.85. The molecule has 1 aromatic carbocycles. The Balaban J connectivity index is 0.00000200. The third kappa shape index (κ3) is 4.50. The summed E-state index contributed by atoms with van der Waals surface area (Å²) in [5.41, 5.74) is 8.39. The van der Waals surface area contributed by atoms with E-state index in [1.54, 1.807) is 0 Å². The van der Waals surface area contributed by atoms with E-state index in [0.717, 1.165) is 24.8 Å². The molecule has 0 aliphatic heterocycles. The molecule has 0 aromatic heterocycles. The van der Waals surface area contributed by atoms with Crippen LogP contribution in [0, 0.1) is 12.8 Å². The topological polar surface area (TPSA) is 55.1 Å². The number of halogens is 1. The molecule has 1 aromatic rings. The lowest BCUT2D eigenvalue weighted by Crippen LogP contribution is -2.32. The van der Waals surface area contributed by atoms with Gasteiger partial charge in [-0.3, -0.25) is 4.79 Å². The Morgan fingerprint density at radius 1 is 1.35 bits per heavy atom. The highest BCUT2D eigenvalue weighted by atomic mass is 35.5. The van der Waals surface area contributed by atoms with Crippen LogP contribution in [0.5, 0.6) is 0 Å². The molecule has 0 bridgehead atoms. The van der Waals surface area contributed by atoms with E-state index in [1.165, 1.54) is 5.56 Å². The lowest BCUT2D eigenvalue weighted by atomic mass is 9.99. The molecular formula is C16H25ClN2O. The molecule has 20 heavy (non-hydrogen) atoms. The Morgan fingerprint density at radius 2 is 2.00 bits per heavy atom. The van der Waals surface area contributed by atoms with Gasteiger partial charge in [0.15, 0.2) is 0 Å². The van der Waals surface area contributed by atoms with Crippen molar-refractivity contribution in [1.82, 2.24) is 5.32 Å². The van der Waals surface area contributed by atoms with Crippen LogP contribution in [0.25, 0.3) is 0 Å². The minimum atomic E-state index is 0. The van der Waals surface area contributed by atoms with Gasteiger partial charge < -0.3 is 11.1 Å². The van der Waals surface area contributed by atoms with Crippen molar-refractivity contribution < 1.29 is 4.79 Å². The molecule has 3 nitrogen and oxygen atoms in total. The highest BCUT2D eigenvalue weighted by Crippen LogP contribution is 2.27. The zero-order valence-electron chi connectivity index (χ0n) is 12.3. The van der Waals surface area contributed by atoms with Crippen molar-refractivity contribution in [1.29, 1.82) is 0 Å². The molecule has 1 saturated carbocycles. The summed E-state index contributed by atoms with van der Waals surface area (Å²) in [5, 5.41) is 3.07. The summed E-state index contributed by atoms with van der Waals surface area (Å²) >= 11 is 0. The first kappa shape index (κ1) is 17.0. The molecule has 2 rings (SSSR count). The number of hydrogen-bond donors (Lipinski definition) is 2. The zero-order valence-corrected chi connectivity index (χ0v) is 13.1. The average molecular weight is 297 g/mol. The number of carbonyl (C=O) groups excluding carboxylic acids is 1. The molecule has 3 N–H and O–H groups in total. The lowest BCUT2D eigenvalue weighted by molar-refractivity contribution is -0.122. The van der Waals surface area contributed by atoms with Crippen LogP contribution >= 0.6 is 12.4 Å². The van der Waals surface area contributed by atoms with Gasteiger partial charge in [0.2, 0.25) is 5.91 Å². The van der Waals surface area contributed by atoms with E-state index >= 15 is 0 Å². The third-order valence-electron chi connectivity index (χ3n) is 4.12. The van der Waals surface area contributed by atoms with E-state index in [-0.39, 0.29) is 30.4 Å². The monoisotopic (exact) mass is 296 g/mol. The van der Waals surface area contributed by atoms with Gasteiger partial charge in [0.05, 0.1) is 6.04 Å². The summed E-state index contributed by atoms with van der Waals surface area (Å²) in [5.74, 6) is 0.487. The number of benzene rings is 1. The van der Waals surface area contributed by atoms with E-state index in [1.807, 2.05) is 6.92 Å². The van der Waals surface area contributed by atoms with E-state index < -0.39 is 0 Å². The molecule has 1 aliphatic carbocycles. The standard InChI is InChI=1S/C16H24N2O.ClH/c1-11-6-8-13(9-7-11)12(2)18-16(19)10-14-4-3-5-15(14)17;/h6-9,12,14-15H,3-5,10,17H2,1-2H3,(H,18,19);1H/t12?,14-,15+;/m0./s1. The lowest BCUT2D eigenvalue weighted by Gasteiger charge is -2.18. The van der Waals surface area contributed by atoms with Crippen LogP contribution in [0.1, 0.15) is 49.8 Å². The Bertz CT molecular complexity index is 433. The fourth-order valence-corrected chi connectivity index (χ4v) is 2.80. The Labute approximate surface area is 127 Å². The van der Waals surface area contributed by atoms with Crippen LogP contribution in [-0.2, 0) is 4.79 Å². The van der Waals surface area contributed by atoms with Crippen LogP contribution in [0.4, 0.5) is 0 Å². The molecule has 0 heterocycles. The average Bonchev–Trinajstić information content (AvgIpc) is 2.75. The maximum atomic E-state index is 12.0. The number of nitrogens with two attached hydrogens (primary N) is 1. The molecule has 1 amide bonds. The summed E-state index contributed by atoms with van der Waals surface area (Å²) in [7, 11) is 0. The van der Waals surface area contributed by atoms with Gasteiger partial charge in [-0.1, -0.05) is 36.2 Å². The first-order valence-corrected chi connectivity index (χ1v) is 7.18. The summed E-state index contributed by atoms with van der Waals surface area (Å²) in [4.78, 5) is 12.0. The smallest absolute Gasteiger partial charge is 0.220 e. The van der Waals surface area contributed by atoms with E-state index in [2.05, 4.69) is 36.5 Å². The van der Waals surface area contributed by atoms with Crippen molar-refractivity contribution in [2.45, 2.75) is 51.6 Å². The minimum Gasteiger partial charge on any atom is -0.350 e. The predicted octanol–water partition coefficient (Wildman–Crippen LogP) is 3.11. The molecule has 0 radical (unpaired) electrons. The Hall–Kier alpha value is -1.06. The SMILES string of the molecule is Cc1ccc(C(C)NC(=O)C[C@@H]2CCC[C@H]2N)cc1.Cl. The summed E-state index contributed by atoms with van der Waals surface area (Å²) in [6, 6.07) is 8.56. The van der Waals surface area contributed by atoms with Crippen LogP contribution in [0.3, 0.4) is 0 Å². The molecule has 112 valence electrons. The molecule has 0 saturated heterocycles. The van der Waals surface area contributed by atoms with E-state index in [9.17, 15) is 4.79 Å².